The summed E-state index contributed by atoms with van der Waals surface area (Å²) in [7, 11) is 3.25. The van der Waals surface area contributed by atoms with E-state index in [2.05, 4.69) is 4.98 Å². The Labute approximate surface area is 127 Å². The summed E-state index contributed by atoms with van der Waals surface area (Å²) in [5.41, 5.74) is 1.72. The minimum atomic E-state index is -0.865. The zero-order valence-electron chi connectivity index (χ0n) is 12.2. The summed E-state index contributed by atoms with van der Waals surface area (Å²) >= 11 is 1.20. The predicted octanol–water partition coefficient (Wildman–Crippen LogP) is 2.43. The molecule has 6 nitrogen and oxygen atoms in total. The summed E-state index contributed by atoms with van der Waals surface area (Å²) in [5.74, 6) is -0.154. The lowest BCUT2D eigenvalue weighted by atomic mass is 10.2. The summed E-state index contributed by atoms with van der Waals surface area (Å²) in [4.78, 5) is 15.3. The molecule has 7 heteroatoms. The topological polar surface area (TPSA) is 73.6 Å². The van der Waals surface area contributed by atoms with Gasteiger partial charge in [-0.1, -0.05) is 11.8 Å². The van der Waals surface area contributed by atoms with Gasteiger partial charge in [0.05, 0.1) is 36.5 Å². The number of methoxy groups -OCH3 is 2. The highest BCUT2D eigenvalue weighted by Gasteiger charge is 2.17. The molecule has 1 heterocycles. The Morgan fingerprint density at radius 1 is 1.48 bits per heavy atom. The van der Waals surface area contributed by atoms with Crippen LogP contribution in [0.15, 0.2) is 23.4 Å². The van der Waals surface area contributed by atoms with E-state index in [0.29, 0.717) is 11.8 Å². The molecule has 0 saturated carbocycles. The Bertz CT molecular complexity index is 641. The molecule has 2 aromatic rings. The van der Waals surface area contributed by atoms with E-state index in [1.165, 1.54) is 11.8 Å². The molecular weight excluding hydrogens is 292 g/mol. The average Bonchev–Trinajstić information content (AvgIpc) is 2.82. The Morgan fingerprint density at radius 2 is 2.24 bits per heavy atom. The first-order chi connectivity index (χ1) is 10.1. The highest BCUT2D eigenvalue weighted by atomic mass is 32.2. The second-order valence-electron chi connectivity index (χ2n) is 4.61. The van der Waals surface area contributed by atoms with Gasteiger partial charge in [0, 0.05) is 13.2 Å². The molecule has 0 spiro atoms. The van der Waals surface area contributed by atoms with E-state index in [9.17, 15) is 4.79 Å². The number of carboxylic acid groups (broad SMARTS) is 1. The van der Waals surface area contributed by atoms with Gasteiger partial charge in [0.1, 0.15) is 5.75 Å². The molecule has 2 rings (SSSR count). The van der Waals surface area contributed by atoms with Gasteiger partial charge < -0.3 is 19.1 Å². The highest BCUT2D eigenvalue weighted by Crippen LogP contribution is 2.30. The van der Waals surface area contributed by atoms with Crippen LogP contribution in [0.25, 0.3) is 11.0 Å². The van der Waals surface area contributed by atoms with Crippen LogP contribution < -0.4 is 4.74 Å². The van der Waals surface area contributed by atoms with Crippen molar-refractivity contribution in [2.75, 3.05) is 26.6 Å². The van der Waals surface area contributed by atoms with E-state index in [1.54, 1.807) is 14.2 Å². The number of aromatic nitrogens is 2. The summed E-state index contributed by atoms with van der Waals surface area (Å²) in [6.45, 7) is 2.53. The van der Waals surface area contributed by atoms with Gasteiger partial charge >= 0.3 is 5.97 Å². The molecule has 0 radical (unpaired) electrons. The molecule has 114 valence electrons. The predicted molar refractivity (Wildman–Crippen MR) is 81.2 cm³/mol. The van der Waals surface area contributed by atoms with Crippen molar-refractivity contribution in [1.29, 1.82) is 0 Å². The minimum absolute atomic E-state index is 0.0276. The molecule has 1 aromatic heterocycles. The van der Waals surface area contributed by atoms with Crippen LogP contribution >= 0.6 is 11.8 Å². The number of benzene rings is 1. The SMILES string of the molecule is COCC(C)n1c(SCC(=O)O)nc2ccc(OC)cc21. The molecule has 1 unspecified atom stereocenters. The molecule has 0 aliphatic carbocycles. The molecule has 1 N–H and O–H groups in total. The molecular formula is C14H18N2O4S. The highest BCUT2D eigenvalue weighted by molar-refractivity contribution is 7.99. The number of fused-ring (bicyclic) bond motifs is 1. The smallest absolute Gasteiger partial charge is 0.313 e. The maximum absolute atomic E-state index is 10.8. The van der Waals surface area contributed by atoms with Crippen molar-refractivity contribution in [3.8, 4) is 5.75 Å². The van der Waals surface area contributed by atoms with Crippen LogP contribution in [0.4, 0.5) is 0 Å². The largest absolute Gasteiger partial charge is 0.497 e. The molecule has 0 amide bonds. The fourth-order valence-corrected chi connectivity index (χ4v) is 2.98. The second kappa shape index (κ2) is 6.82. The molecule has 1 atom stereocenters. The van der Waals surface area contributed by atoms with Crippen molar-refractivity contribution in [3.63, 3.8) is 0 Å². The number of carbonyl (C=O) groups is 1. The zero-order chi connectivity index (χ0) is 15.4. The van der Waals surface area contributed by atoms with Crippen molar-refractivity contribution in [3.05, 3.63) is 18.2 Å². The summed E-state index contributed by atoms with van der Waals surface area (Å²) in [5, 5.41) is 9.53. The lowest BCUT2D eigenvalue weighted by molar-refractivity contribution is -0.133. The molecule has 0 bridgehead atoms. The van der Waals surface area contributed by atoms with Crippen LogP contribution in [0.1, 0.15) is 13.0 Å². The van der Waals surface area contributed by atoms with Gasteiger partial charge in [-0.2, -0.15) is 0 Å². The van der Waals surface area contributed by atoms with Gasteiger partial charge in [-0.25, -0.2) is 4.98 Å². The van der Waals surface area contributed by atoms with E-state index < -0.39 is 5.97 Å². The van der Waals surface area contributed by atoms with Crippen molar-refractivity contribution in [1.82, 2.24) is 9.55 Å². The third-order valence-corrected chi connectivity index (χ3v) is 3.98. The fourth-order valence-electron chi connectivity index (χ4n) is 2.15. The van der Waals surface area contributed by atoms with Crippen LogP contribution in [-0.2, 0) is 9.53 Å². The number of imidazole rings is 1. The standard InChI is InChI=1S/C14H18N2O4S/c1-9(7-19-2)16-12-6-10(20-3)4-5-11(12)15-14(16)21-8-13(17)18/h4-6,9H,7-8H2,1-3H3,(H,17,18). The number of rotatable bonds is 7. The molecule has 21 heavy (non-hydrogen) atoms. The quantitative estimate of drug-likeness (QED) is 0.792. The fraction of sp³-hybridized carbons (Fsp3) is 0.429. The normalized spacial score (nSPS) is 12.5. The molecule has 1 aromatic carbocycles. The molecule has 0 aliphatic rings. The van der Waals surface area contributed by atoms with Gasteiger partial charge in [0.15, 0.2) is 5.16 Å². The van der Waals surface area contributed by atoms with Crippen LogP contribution in [0, 0.1) is 0 Å². The Kier molecular flexibility index (Phi) is 5.08. The molecule has 0 fully saturated rings. The van der Waals surface area contributed by atoms with Crippen molar-refractivity contribution in [2.45, 2.75) is 18.1 Å². The first kappa shape index (κ1) is 15.7. The van der Waals surface area contributed by atoms with Crippen LogP contribution in [-0.4, -0.2) is 47.2 Å². The summed E-state index contributed by atoms with van der Waals surface area (Å²) < 4.78 is 12.5. The van der Waals surface area contributed by atoms with Crippen LogP contribution in [0.2, 0.25) is 0 Å². The van der Waals surface area contributed by atoms with E-state index in [4.69, 9.17) is 14.6 Å². The maximum Gasteiger partial charge on any atom is 0.313 e. The van der Waals surface area contributed by atoms with Gasteiger partial charge in [-0.3, -0.25) is 4.79 Å². The lowest BCUT2D eigenvalue weighted by Crippen LogP contribution is -2.12. The van der Waals surface area contributed by atoms with Gasteiger partial charge in [-0.05, 0) is 19.1 Å². The van der Waals surface area contributed by atoms with Crippen LogP contribution in [0.5, 0.6) is 5.75 Å². The third-order valence-electron chi connectivity index (χ3n) is 3.04. The minimum Gasteiger partial charge on any atom is -0.497 e. The van der Waals surface area contributed by atoms with Gasteiger partial charge in [0.2, 0.25) is 0 Å². The van der Waals surface area contributed by atoms with E-state index in [-0.39, 0.29) is 11.8 Å². The third kappa shape index (κ3) is 3.48. The van der Waals surface area contributed by atoms with Crippen molar-refractivity contribution in [2.24, 2.45) is 0 Å². The molecule has 0 saturated heterocycles. The number of hydrogen-bond donors (Lipinski definition) is 1. The number of nitrogens with zero attached hydrogens (tertiary/aromatic N) is 2. The first-order valence-corrected chi connectivity index (χ1v) is 7.45. The van der Waals surface area contributed by atoms with Gasteiger partial charge in [-0.15, -0.1) is 0 Å². The van der Waals surface area contributed by atoms with E-state index in [0.717, 1.165) is 16.8 Å². The van der Waals surface area contributed by atoms with E-state index in [1.807, 2.05) is 29.7 Å². The summed E-state index contributed by atoms with van der Waals surface area (Å²) in [6, 6.07) is 5.66. The number of thioether (sulfide) groups is 1. The first-order valence-electron chi connectivity index (χ1n) is 6.46. The zero-order valence-corrected chi connectivity index (χ0v) is 13.0. The van der Waals surface area contributed by atoms with Gasteiger partial charge in [0.25, 0.3) is 0 Å². The number of aliphatic carboxylic acids is 1. The lowest BCUT2D eigenvalue weighted by Gasteiger charge is -2.16. The van der Waals surface area contributed by atoms with Crippen molar-refractivity contribution < 1.29 is 19.4 Å². The maximum atomic E-state index is 10.8. The van der Waals surface area contributed by atoms with Crippen molar-refractivity contribution >= 4 is 28.8 Å². The Morgan fingerprint density at radius 3 is 2.86 bits per heavy atom. The second-order valence-corrected chi connectivity index (χ2v) is 5.55. The average molecular weight is 310 g/mol. The van der Waals surface area contributed by atoms with E-state index >= 15 is 0 Å². The Balaban J connectivity index is 2.49. The number of carboxylic acids is 1. The monoisotopic (exact) mass is 310 g/mol. The summed E-state index contributed by atoms with van der Waals surface area (Å²) in [6.07, 6.45) is 0. The number of ether oxygens (including phenoxy) is 2. The Hall–Kier alpha value is -1.73. The number of hydrogen-bond acceptors (Lipinski definition) is 5. The molecule has 0 aliphatic heterocycles. The van der Waals surface area contributed by atoms with Crippen LogP contribution in [0.3, 0.4) is 0 Å².